The van der Waals surface area contributed by atoms with Gasteiger partial charge < -0.3 is 16.4 Å². The zero-order valence-electron chi connectivity index (χ0n) is 14.8. The molecule has 0 aromatic rings. The second-order valence-electron chi connectivity index (χ2n) is 7.38. The molecule has 5 nitrogen and oxygen atoms in total. The Kier molecular flexibility index (Phi) is 10.5. The van der Waals surface area contributed by atoms with Crippen LogP contribution in [-0.2, 0) is 9.59 Å². The quantitative estimate of drug-likeness (QED) is 0.598. The molecule has 1 aliphatic carbocycles. The molecule has 0 aromatic carbocycles. The Labute approximate surface area is 146 Å². The van der Waals surface area contributed by atoms with Gasteiger partial charge in [0, 0.05) is 18.5 Å². The van der Waals surface area contributed by atoms with Crippen LogP contribution in [-0.4, -0.2) is 30.4 Å². The largest absolute Gasteiger partial charge is 0.348 e. The van der Waals surface area contributed by atoms with Gasteiger partial charge in [-0.25, -0.2) is 0 Å². The summed E-state index contributed by atoms with van der Waals surface area (Å²) in [5, 5.41) is 5.66. The Hall–Kier alpha value is -0.810. The molecule has 0 bridgehead atoms. The molecule has 1 unspecified atom stereocenters. The van der Waals surface area contributed by atoms with Crippen LogP contribution < -0.4 is 16.4 Å². The number of hydrogen-bond acceptors (Lipinski definition) is 3. The third-order valence-electron chi connectivity index (χ3n) is 4.45. The Morgan fingerprint density at radius 1 is 1.22 bits per heavy atom. The van der Waals surface area contributed by atoms with Gasteiger partial charge in [-0.15, -0.1) is 12.4 Å². The fraction of sp³-hybridized carbons (Fsp3) is 0.882. The van der Waals surface area contributed by atoms with Crippen molar-refractivity contribution in [3.05, 3.63) is 0 Å². The summed E-state index contributed by atoms with van der Waals surface area (Å²) in [6.45, 7) is 6.59. The van der Waals surface area contributed by atoms with Crippen molar-refractivity contribution in [1.29, 1.82) is 0 Å². The second-order valence-corrected chi connectivity index (χ2v) is 7.38. The highest BCUT2D eigenvalue weighted by Crippen LogP contribution is 2.28. The molecule has 0 radical (unpaired) electrons. The number of carbonyl (C=O) groups excluding carboxylic acids is 2. The SMILES string of the molecule is CC(C)CC(C)(CN)NC(=O)CNC(=O)CCC1CCCC1.Cl. The maximum absolute atomic E-state index is 12.0. The van der Waals surface area contributed by atoms with Crippen molar-refractivity contribution in [2.45, 2.75) is 71.3 Å². The number of nitrogens with two attached hydrogens (primary N) is 1. The van der Waals surface area contributed by atoms with Gasteiger partial charge in [0.25, 0.3) is 0 Å². The number of amides is 2. The molecular weight excluding hydrogens is 314 g/mol. The van der Waals surface area contributed by atoms with Crippen molar-refractivity contribution in [1.82, 2.24) is 10.6 Å². The number of halogens is 1. The van der Waals surface area contributed by atoms with Crippen LogP contribution in [0.3, 0.4) is 0 Å². The van der Waals surface area contributed by atoms with Gasteiger partial charge in [0.05, 0.1) is 6.54 Å². The van der Waals surface area contributed by atoms with E-state index in [4.69, 9.17) is 5.73 Å². The summed E-state index contributed by atoms with van der Waals surface area (Å²) in [5.41, 5.74) is 5.37. The lowest BCUT2D eigenvalue weighted by atomic mass is 9.91. The van der Waals surface area contributed by atoms with E-state index in [1.54, 1.807) is 0 Å². The minimum absolute atomic E-state index is 0. The molecule has 0 aromatic heterocycles. The summed E-state index contributed by atoms with van der Waals surface area (Å²) in [7, 11) is 0. The van der Waals surface area contributed by atoms with Crippen LogP contribution in [0.2, 0.25) is 0 Å². The normalized spacial score (nSPS) is 17.4. The van der Waals surface area contributed by atoms with Crippen molar-refractivity contribution >= 4 is 24.2 Å². The first-order chi connectivity index (χ1) is 10.3. The van der Waals surface area contributed by atoms with Crippen molar-refractivity contribution in [2.75, 3.05) is 13.1 Å². The van der Waals surface area contributed by atoms with Gasteiger partial charge in [0.15, 0.2) is 0 Å². The Balaban J connectivity index is 0.00000484. The molecule has 6 heteroatoms. The fourth-order valence-electron chi connectivity index (χ4n) is 3.37. The van der Waals surface area contributed by atoms with E-state index >= 15 is 0 Å². The highest BCUT2D eigenvalue weighted by Gasteiger charge is 2.25. The van der Waals surface area contributed by atoms with Gasteiger partial charge in [-0.05, 0) is 31.6 Å². The van der Waals surface area contributed by atoms with E-state index in [9.17, 15) is 9.59 Å². The van der Waals surface area contributed by atoms with Crippen molar-refractivity contribution < 1.29 is 9.59 Å². The monoisotopic (exact) mass is 347 g/mol. The number of carbonyl (C=O) groups is 2. The molecule has 1 atom stereocenters. The first kappa shape index (κ1) is 22.2. The first-order valence-electron chi connectivity index (χ1n) is 8.62. The second kappa shape index (κ2) is 10.9. The van der Waals surface area contributed by atoms with E-state index in [-0.39, 0.29) is 30.8 Å². The lowest BCUT2D eigenvalue weighted by Crippen LogP contribution is -2.54. The molecule has 0 aliphatic heterocycles. The van der Waals surface area contributed by atoms with Crippen LogP contribution in [0.4, 0.5) is 0 Å². The lowest BCUT2D eigenvalue weighted by Gasteiger charge is -2.31. The minimum atomic E-state index is -0.403. The van der Waals surface area contributed by atoms with Crippen LogP contribution in [0.5, 0.6) is 0 Å². The van der Waals surface area contributed by atoms with Crippen molar-refractivity contribution in [3.63, 3.8) is 0 Å². The van der Waals surface area contributed by atoms with E-state index in [0.29, 0.717) is 24.8 Å². The summed E-state index contributed by atoms with van der Waals surface area (Å²) >= 11 is 0. The summed E-state index contributed by atoms with van der Waals surface area (Å²) in [6.07, 6.45) is 7.38. The Morgan fingerprint density at radius 2 is 1.83 bits per heavy atom. The van der Waals surface area contributed by atoms with Crippen LogP contribution in [0, 0.1) is 11.8 Å². The average molecular weight is 348 g/mol. The van der Waals surface area contributed by atoms with Gasteiger partial charge in [-0.1, -0.05) is 39.5 Å². The smallest absolute Gasteiger partial charge is 0.239 e. The van der Waals surface area contributed by atoms with Gasteiger partial charge >= 0.3 is 0 Å². The maximum atomic E-state index is 12.0. The predicted octanol–water partition coefficient (Wildman–Crippen LogP) is 2.37. The standard InChI is InChI=1S/C17H33N3O2.ClH/c1-13(2)10-17(3,12-18)20-16(22)11-19-15(21)9-8-14-6-4-5-7-14;/h13-14H,4-12,18H2,1-3H3,(H,19,21)(H,20,22);1H. The topological polar surface area (TPSA) is 84.2 Å². The zero-order valence-corrected chi connectivity index (χ0v) is 15.6. The number of hydrogen-bond donors (Lipinski definition) is 3. The molecule has 136 valence electrons. The third-order valence-corrected chi connectivity index (χ3v) is 4.45. The van der Waals surface area contributed by atoms with Crippen molar-refractivity contribution in [2.24, 2.45) is 17.6 Å². The van der Waals surface area contributed by atoms with E-state index in [1.807, 2.05) is 6.92 Å². The highest BCUT2D eigenvalue weighted by molar-refractivity contribution is 5.85. The van der Waals surface area contributed by atoms with Crippen LogP contribution in [0.25, 0.3) is 0 Å². The summed E-state index contributed by atoms with van der Waals surface area (Å²) in [4.78, 5) is 23.8. The molecule has 0 saturated heterocycles. The minimum Gasteiger partial charge on any atom is -0.348 e. The molecule has 1 rings (SSSR count). The van der Waals surface area contributed by atoms with E-state index in [1.165, 1.54) is 25.7 Å². The van der Waals surface area contributed by atoms with E-state index < -0.39 is 5.54 Å². The molecule has 0 heterocycles. The third kappa shape index (κ3) is 9.16. The van der Waals surface area contributed by atoms with E-state index in [2.05, 4.69) is 24.5 Å². The molecule has 1 aliphatic rings. The van der Waals surface area contributed by atoms with Crippen molar-refractivity contribution in [3.8, 4) is 0 Å². The van der Waals surface area contributed by atoms with Gasteiger partial charge in [-0.3, -0.25) is 9.59 Å². The lowest BCUT2D eigenvalue weighted by molar-refractivity contribution is -0.127. The number of rotatable bonds is 9. The van der Waals surface area contributed by atoms with E-state index in [0.717, 1.165) is 12.8 Å². The summed E-state index contributed by atoms with van der Waals surface area (Å²) in [6, 6.07) is 0. The molecule has 4 N–H and O–H groups in total. The summed E-state index contributed by atoms with van der Waals surface area (Å²) < 4.78 is 0. The average Bonchev–Trinajstić information content (AvgIpc) is 2.95. The van der Waals surface area contributed by atoms with Crippen LogP contribution in [0.15, 0.2) is 0 Å². The molecule has 2 amide bonds. The molecule has 1 saturated carbocycles. The van der Waals surface area contributed by atoms with Crippen LogP contribution >= 0.6 is 12.4 Å². The fourth-order valence-corrected chi connectivity index (χ4v) is 3.37. The molecule has 0 spiro atoms. The first-order valence-corrected chi connectivity index (χ1v) is 8.62. The molecule has 23 heavy (non-hydrogen) atoms. The maximum Gasteiger partial charge on any atom is 0.239 e. The Morgan fingerprint density at radius 3 is 2.35 bits per heavy atom. The Bertz CT molecular complexity index is 371. The van der Waals surface area contributed by atoms with Gasteiger partial charge in [0.1, 0.15) is 0 Å². The zero-order chi connectivity index (χ0) is 16.6. The predicted molar refractivity (Wildman–Crippen MR) is 96.5 cm³/mol. The number of nitrogens with one attached hydrogen (secondary N) is 2. The van der Waals surface area contributed by atoms with Gasteiger partial charge in [-0.2, -0.15) is 0 Å². The molecular formula is C17H34ClN3O2. The summed E-state index contributed by atoms with van der Waals surface area (Å²) in [5.74, 6) is 0.962. The van der Waals surface area contributed by atoms with Gasteiger partial charge in [0.2, 0.25) is 11.8 Å². The highest BCUT2D eigenvalue weighted by atomic mass is 35.5. The molecule has 1 fully saturated rings. The van der Waals surface area contributed by atoms with Crippen LogP contribution in [0.1, 0.15) is 65.7 Å².